The number of piperidine rings is 1. The largest absolute Gasteiger partial charge is 0.298 e. The van der Waals surface area contributed by atoms with Gasteiger partial charge in [-0.05, 0) is 38.5 Å². The molecule has 1 aliphatic rings. The predicted molar refractivity (Wildman–Crippen MR) is 109 cm³/mol. The number of rotatable bonds is 7. The highest BCUT2D eigenvalue weighted by atomic mass is 32.2. The van der Waals surface area contributed by atoms with Crippen molar-refractivity contribution in [3.05, 3.63) is 35.4 Å². The molecular formula is C18H25N5O3S2. The van der Waals surface area contributed by atoms with E-state index in [1.807, 2.05) is 6.92 Å². The molecule has 3 heterocycles. The third-order valence-corrected chi connectivity index (χ3v) is 8.31. The minimum atomic E-state index is -3.22. The third-order valence-electron chi connectivity index (χ3n) is 5.19. The lowest BCUT2D eigenvalue weighted by molar-refractivity contribution is 0.102. The van der Waals surface area contributed by atoms with Crippen LogP contribution in [-0.4, -0.2) is 51.9 Å². The quantitative estimate of drug-likeness (QED) is 0.734. The zero-order chi connectivity index (χ0) is 20.1. The van der Waals surface area contributed by atoms with Crippen molar-refractivity contribution in [2.24, 2.45) is 5.92 Å². The fourth-order valence-electron chi connectivity index (χ4n) is 3.26. The van der Waals surface area contributed by atoms with E-state index in [0.717, 1.165) is 12.8 Å². The van der Waals surface area contributed by atoms with Crippen molar-refractivity contribution in [3.8, 4) is 0 Å². The van der Waals surface area contributed by atoms with Gasteiger partial charge < -0.3 is 0 Å². The molecule has 0 spiro atoms. The molecule has 0 bridgehead atoms. The van der Waals surface area contributed by atoms with Crippen molar-refractivity contribution in [2.45, 2.75) is 44.8 Å². The van der Waals surface area contributed by atoms with Crippen LogP contribution in [0.3, 0.4) is 0 Å². The topological polar surface area (TPSA) is 105 Å². The number of hydrogen-bond acceptors (Lipinski definition) is 7. The van der Waals surface area contributed by atoms with Crippen LogP contribution in [0, 0.1) is 5.92 Å². The fourth-order valence-corrected chi connectivity index (χ4v) is 5.44. The summed E-state index contributed by atoms with van der Waals surface area (Å²) >= 11 is 1.35. The van der Waals surface area contributed by atoms with E-state index in [2.05, 4.69) is 20.3 Å². The maximum Gasteiger partial charge on any atom is 0.260 e. The van der Waals surface area contributed by atoms with Gasteiger partial charge in [-0.3, -0.25) is 10.1 Å². The molecule has 1 fully saturated rings. The summed E-state index contributed by atoms with van der Waals surface area (Å²) in [5.41, 5.74) is 1.12. The van der Waals surface area contributed by atoms with Crippen molar-refractivity contribution in [3.63, 3.8) is 0 Å². The molecule has 1 atom stereocenters. The summed E-state index contributed by atoms with van der Waals surface area (Å²) in [7, 11) is -3.22. The average molecular weight is 424 g/mol. The van der Waals surface area contributed by atoms with Crippen LogP contribution in [0.25, 0.3) is 0 Å². The van der Waals surface area contributed by atoms with Gasteiger partial charge in [0.2, 0.25) is 10.0 Å². The summed E-state index contributed by atoms with van der Waals surface area (Å²) in [5, 5.41) is 4.73. The van der Waals surface area contributed by atoms with E-state index in [0.29, 0.717) is 42.3 Å². The number of sulfonamides is 1. The summed E-state index contributed by atoms with van der Waals surface area (Å²) < 4.78 is 26.7. The molecule has 1 saturated heterocycles. The van der Waals surface area contributed by atoms with Crippen molar-refractivity contribution in [2.75, 3.05) is 18.4 Å². The molecule has 0 radical (unpaired) electrons. The Hall–Kier alpha value is -1.91. The molecule has 2 aromatic heterocycles. The lowest BCUT2D eigenvalue weighted by atomic mass is 9.92. The number of hydrogen-bond donors (Lipinski definition) is 1. The molecule has 152 valence electrons. The maximum atomic E-state index is 12.6. The van der Waals surface area contributed by atoms with E-state index in [1.165, 1.54) is 23.9 Å². The van der Waals surface area contributed by atoms with E-state index in [-0.39, 0.29) is 17.1 Å². The van der Waals surface area contributed by atoms with Crippen LogP contribution >= 0.6 is 11.3 Å². The van der Waals surface area contributed by atoms with Crippen LogP contribution in [0.1, 0.15) is 49.2 Å². The van der Waals surface area contributed by atoms with Gasteiger partial charge in [-0.1, -0.05) is 6.92 Å². The van der Waals surface area contributed by atoms with Gasteiger partial charge in [0.05, 0.1) is 16.5 Å². The fraction of sp³-hybridized carbons (Fsp3) is 0.556. The molecule has 28 heavy (non-hydrogen) atoms. The minimum Gasteiger partial charge on any atom is -0.298 e. The monoisotopic (exact) mass is 423 g/mol. The molecular weight excluding hydrogens is 398 g/mol. The first-order chi connectivity index (χ1) is 13.4. The third kappa shape index (κ3) is 4.73. The van der Waals surface area contributed by atoms with Crippen molar-refractivity contribution < 1.29 is 13.2 Å². The highest BCUT2D eigenvalue weighted by Crippen LogP contribution is 2.26. The zero-order valence-corrected chi connectivity index (χ0v) is 17.7. The number of anilines is 1. The van der Waals surface area contributed by atoms with Crippen LogP contribution in [0.4, 0.5) is 5.13 Å². The molecule has 0 aromatic carbocycles. The van der Waals surface area contributed by atoms with Gasteiger partial charge in [-0.2, -0.15) is 0 Å². The molecule has 0 unspecified atom stereocenters. The molecule has 10 heteroatoms. The number of carbonyl (C=O) groups is 1. The Morgan fingerprint density at radius 1 is 1.36 bits per heavy atom. The van der Waals surface area contributed by atoms with Gasteiger partial charge in [-0.25, -0.2) is 27.7 Å². The lowest BCUT2D eigenvalue weighted by Crippen LogP contribution is -2.42. The first kappa shape index (κ1) is 20.8. The van der Waals surface area contributed by atoms with Gasteiger partial charge >= 0.3 is 0 Å². The first-order valence-electron chi connectivity index (χ1n) is 9.40. The van der Waals surface area contributed by atoms with E-state index >= 15 is 0 Å². The van der Waals surface area contributed by atoms with Gasteiger partial charge in [0, 0.05) is 30.9 Å². The zero-order valence-electron chi connectivity index (χ0n) is 16.0. The highest BCUT2D eigenvalue weighted by molar-refractivity contribution is 7.89. The van der Waals surface area contributed by atoms with Crippen LogP contribution in [-0.2, 0) is 16.4 Å². The molecule has 1 amide bonds. The molecule has 8 nitrogen and oxygen atoms in total. The summed E-state index contributed by atoms with van der Waals surface area (Å²) in [6.45, 7) is 4.68. The second kappa shape index (κ2) is 9.06. The minimum absolute atomic E-state index is 0.276. The maximum absolute atomic E-state index is 12.6. The number of carbonyl (C=O) groups excluding carboxylic acids is 1. The Kier molecular flexibility index (Phi) is 6.73. The second-order valence-corrected chi connectivity index (χ2v) is 10.2. The van der Waals surface area contributed by atoms with Gasteiger partial charge in [0.25, 0.3) is 5.91 Å². The van der Waals surface area contributed by atoms with E-state index in [9.17, 15) is 13.2 Å². The van der Waals surface area contributed by atoms with Crippen LogP contribution in [0.15, 0.2) is 24.1 Å². The van der Waals surface area contributed by atoms with E-state index in [1.54, 1.807) is 22.8 Å². The van der Waals surface area contributed by atoms with E-state index in [4.69, 9.17) is 0 Å². The molecule has 0 saturated carbocycles. The van der Waals surface area contributed by atoms with Crippen LogP contribution in [0.2, 0.25) is 0 Å². The van der Waals surface area contributed by atoms with Crippen molar-refractivity contribution in [1.82, 2.24) is 19.3 Å². The Balaban J connectivity index is 1.63. The van der Waals surface area contributed by atoms with Crippen LogP contribution in [0.5, 0.6) is 0 Å². The lowest BCUT2D eigenvalue weighted by Gasteiger charge is -2.32. The average Bonchev–Trinajstić information content (AvgIpc) is 3.21. The van der Waals surface area contributed by atoms with Crippen molar-refractivity contribution in [1.29, 1.82) is 0 Å². The summed E-state index contributed by atoms with van der Waals surface area (Å²) in [6.07, 6.45) is 7.34. The normalized spacial score (nSPS) is 17.4. The number of amides is 1. The van der Waals surface area contributed by atoms with Crippen molar-refractivity contribution >= 4 is 32.4 Å². The molecule has 3 rings (SSSR count). The molecule has 2 aromatic rings. The number of thiazole rings is 1. The summed E-state index contributed by atoms with van der Waals surface area (Å²) in [5.74, 6) is 0.00651. The smallest absolute Gasteiger partial charge is 0.260 e. The van der Waals surface area contributed by atoms with Gasteiger partial charge in [-0.15, -0.1) is 11.3 Å². The summed E-state index contributed by atoms with van der Waals surface area (Å²) in [4.78, 5) is 24.9. The Bertz CT molecular complexity index is 894. The standard InChI is InChI=1S/C18H25N5O3S2/c1-3-13(2)28(25,26)23-7-4-14(5-8-23)10-16-15(11-19-12-21-16)17(24)22-18-20-6-9-27-18/h6,9,11-14H,3-5,7-8,10H2,1-2H3,(H,20,22,24)/t13-/m1/s1. The molecule has 0 aliphatic carbocycles. The first-order valence-corrected chi connectivity index (χ1v) is 11.8. The van der Waals surface area contributed by atoms with Gasteiger partial charge in [0.15, 0.2) is 5.13 Å². The Labute approximate surface area is 169 Å². The molecule has 1 N–H and O–H groups in total. The SMILES string of the molecule is CC[C@@H](C)S(=O)(=O)N1CCC(Cc2ncncc2C(=O)Nc2nccs2)CC1. The highest BCUT2D eigenvalue weighted by Gasteiger charge is 2.32. The second-order valence-electron chi connectivity index (χ2n) is 6.98. The van der Waals surface area contributed by atoms with Crippen LogP contribution < -0.4 is 5.32 Å². The van der Waals surface area contributed by atoms with Gasteiger partial charge in [0.1, 0.15) is 6.33 Å². The number of aromatic nitrogens is 3. The Morgan fingerprint density at radius 3 is 2.75 bits per heavy atom. The number of nitrogens with one attached hydrogen (secondary N) is 1. The van der Waals surface area contributed by atoms with E-state index < -0.39 is 10.0 Å². The Morgan fingerprint density at radius 2 is 2.11 bits per heavy atom. The molecule has 1 aliphatic heterocycles. The number of nitrogens with zero attached hydrogens (tertiary/aromatic N) is 4. The summed E-state index contributed by atoms with van der Waals surface area (Å²) in [6, 6.07) is 0. The predicted octanol–water partition coefficient (Wildman–Crippen LogP) is 2.57.